The highest BCUT2D eigenvalue weighted by atomic mass is 79.9. The van der Waals surface area contributed by atoms with Gasteiger partial charge in [0.15, 0.2) is 5.13 Å². The summed E-state index contributed by atoms with van der Waals surface area (Å²) in [7, 11) is 0. The summed E-state index contributed by atoms with van der Waals surface area (Å²) in [5.41, 5.74) is 2.14. The maximum atomic E-state index is 11.4. The molecule has 96 valence electrons. The summed E-state index contributed by atoms with van der Waals surface area (Å²) in [4.78, 5) is 15.9. The Morgan fingerprint density at radius 3 is 2.89 bits per heavy atom. The summed E-state index contributed by atoms with van der Waals surface area (Å²) in [6.45, 7) is 4.58. The fraction of sp³-hybridized carbons (Fsp3) is 0.333. The highest BCUT2D eigenvalue weighted by Crippen LogP contribution is 2.33. The Hall–Kier alpha value is -1.14. The lowest BCUT2D eigenvalue weighted by Crippen LogP contribution is -2.28. The van der Waals surface area contributed by atoms with Gasteiger partial charge in [0.1, 0.15) is 0 Å². The maximum absolute atomic E-state index is 11.4. The third kappa shape index (κ3) is 2.81. The van der Waals surface area contributed by atoms with Crippen molar-refractivity contribution in [1.29, 1.82) is 0 Å². The predicted octanol–water partition coefficient (Wildman–Crippen LogP) is 3.76. The molecule has 2 N–H and O–H groups in total. The first kappa shape index (κ1) is 13.3. The first-order valence-electron chi connectivity index (χ1n) is 5.77. The molecule has 0 aliphatic carbocycles. The molecule has 18 heavy (non-hydrogen) atoms. The molecule has 1 aromatic carbocycles. The number of urea groups is 1. The van der Waals surface area contributed by atoms with Crippen molar-refractivity contribution in [2.45, 2.75) is 20.3 Å². The second-order valence-electron chi connectivity index (χ2n) is 3.78. The summed E-state index contributed by atoms with van der Waals surface area (Å²) in [5, 5.41) is 6.03. The highest BCUT2D eigenvalue weighted by Gasteiger charge is 2.10. The van der Waals surface area contributed by atoms with Crippen molar-refractivity contribution in [1.82, 2.24) is 10.3 Å². The largest absolute Gasteiger partial charge is 0.338 e. The molecule has 1 heterocycles. The molecule has 0 aliphatic heterocycles. The van der Waals surface area contributed by atoms with Gasteiger partial charge in [0.2, 0.25) is 0 Å². The molecular weight excluding hydrogens is 314 g/mol. The summed E-state index contributed by atoms with van der Waals surface area (Å²) in [6, 6.07) is 3.93. The molecule has 2 aromatic rings. The number of nitrogens with zero attached hydrogens (tertiary/aromatic N) is 1. The van der Waals surface area contributed by atoms with Gasteiger partial charge < -0.3 is 5.32 Å². The number of carbonyl (C=O) groups is 1. The number of carbonyl (C=O) groups excluding carboxylic acids is 1. The van der Waals surface area contributed by atoms with Crippen molar-refractivity contribution in [3.63, 3.8) is 0 Å². The normalized spacial score (nSPS) is 10.6. The number of nitrogens with one attached hydrogen (secondary N) is 2. The molecule has 0 atom stereocenters. The van der Waals surface area contributed by atoms with Crippen molar-refractivity contribution in [3.8, 4) is 0 Å². The van der Waals surface area contributed by atoms with Gasteiger partial charge in [-0.2, -0.15) is 0 Å². The lowest BCUT2D eigenvalue weighted by Gasteiger charge is -2.00. The molecule has 2 amide bonds. The van der Waals surface area contributed by atoms with Gasteiger partial charge in [-0.25, -0.2) is 9.78 Å². The Balaban J connectivity index is 2.32. The first-order valence-corrected chi connectivity index (χ1v) is 7.38. The van der Waals surface area contributed by atoms with E-state index < -0.39 is 0 Å². The van der Waals surface area contributed by atoms with Crippen LogP contribution in [0, 0.1) is 0 Å². The van der Waals surface area contributed by atoms with E-state index in [1.54, 1.807) is 0 Å². The van der Waals surface area contributed by atoms with Crippen molar-refractivity contribution in [2.24, 2.45) is 0 Å². The number of fused-ring (bicyclic) bond motifs is 1. The van der Waals surface area contributed by atoms with Crippen LogP contribution in [0.4, 0.5) is 9.93 Å². The van der Waals surface area contributed by atoms with E-state index in [-0.39, 0.29) is 6.03 Å². The fourth-order valence-electron chi connectivity index (χ4n) is 1.61. The van der Waals surface area contributed by atoms with Crippen LogP contribution in [-0.4, -0.2) is 17.6 Å². The fourth-order valence-corrected chi connectivity index (χ4v) is 3.19. The van der Waals surface area contributed by atoms with Crippen LogP contribution in [0.1, 0.15) is 19.4 Å². The van der Waals surface area contributed by atoms with Gasteiger partial charge in [-0.05, 0) is 47.0 Å². The number of anilines is 1. The van der Waals surface area contributed by atoms with E-state index in [0.717, 1.165) is 21.1 Å². The molecule has 4 nitrogen and oxygen atoms in total. The summed E-state index contributed by atoms with van der Waals surface area (Å²) >= 11 is 5.01. The first-order chi connectivity index (χ1) is 8.63. The molecule has 0 aliphatic rings. The molecule has 0 spiro atoms. The zero-order valence-corrected chi connectivity index (χ0v) is 12.6. The van der Waals surface area contributed by atoms with E-state index in [1.165, 1.54) is 16.9 Å². The number of aryl methyl sites for hydroxylation is 1. The van der Waals surface area contributed by atoms with Crippen LogP contribution in [0.3, 0.4) is 0 Å². The van der Waals surface area contributed by atoms with Gasteiger partial charge in [0.05, 0.1) is 10.2 Å². The SMILES string of the molecule is CCNC(=O)Nc1nc2cc(CC)cc(Br)c2s1. The van der Waals surface area contributed by atoms with E-state index in [4.69, 9.17) is 0 Å². The molecule has 0 unspecified atom stereocenters. The van der Waals surface area contributed by atoms with E-state index in [1.807, 2.05) is 6.92 Å². The third-order valence-electron chi connectivity index (χ3n) is 2.47. The van der Waals surface area contributed by atoms with Gasteiger partial charge in [-0.3, -0.25) is 5.32 Å². The van der Waals surface area contributed by atoms with Crippen LogP contribution in [0.5, 0.6) is 0 Å². The minimum absolute atomic E-state index is 0.219. The Bertz CT molecular complexity index is 582. The number of aromatic nitrogens is 1. The number of thiazole rings is 1. The highest BCUT2D eigenvalue weighted by molar-refractivity contribution is 9.10. The predicted molar refractivity (Wildman–Crippen MR) is 79.4 cm³/mol. The molecule has 0 radical (unpaired) electrons. The Morgan fingerprint density at radius 1 is 1.44 bits per heavy atom. The van der Waals surface area contributed by atoms with Crippen molar-refractivity contribution in [2.75, 3.05) is 11.9 Å². The molecule has 0 saturated heterocycles. The average Bonchev–Trinajstić information content (AvgIpc) is 2.72. The van der Waals surface area contributed by atoms with Crippen molar-refractivity contribution >= 4 is 48.6 Å². The summed E-state index contributed by atoms with van der Waals surface area (Å²) in [6.07, 6.45) is 0.963. The number of hydrogen-bond donors (Lipinski definition) is 2. The van der Waals surface area contributed by atoms with Gasteiger partial charge >= 0.3 is 6.03 Å². The minimum Gasteiger partial charge on any atom is -0.338 e. The number of amides is 2. The summed E-state index contributed by atoms with van der Waals surface area (Å²) < 4.78 is 2.08. The Labute approximate surface area is 118 Å². The topological polar surface area (TPSA) is 54.0 Å². The molecule has 0 fully saturated rings. The smallest absolute Gasteiger partial charge is 0.321 e. The Kier molecular flexibility index (Phi) is 4.19. The average molecular weight is 328 g/mol. The standard InChI is InChI=1S/C12H14BrN3OS/c1-3-7-5-8(13)10-9(6-7)15-12(18-10)16-11(17)14-4-2/h5-6H,3-4H2,1-2H3,(H2,14,15,16,17). The van der Waals surface area contributed by atoms with Gasteiger partial charge in [-0.1, -0.05) is 18.3 Å². The zero-order valence-electron chi connectivity index (χ0n) is 10.2. The van der Waals surface area contributed by atoms with E-state index >= 15 is 0 Å². The van der Waals surface area contributed by atoms with Gasteiger partial charge in [-0.15, -0.1) is 0 Å². The van der Waals surface area contributed by atoms with E-state index in [0.29, 0.717) is 11.7 Å². The van der Waals surface area contributed by atoms with Crippen LogP contribution in [0.25, 0.3) is 10.2 Å². The van der Waals surface area contributed by atoms with Crippen LogP contribution >= 0.6 is 27.3 Å². The molecule has 1 aromatic heterocycles. The van der Waals surface area contributed by atoms with Crippen LogP contribution in [0.2, 0.25) is 0 Å². The van der Waals surface area contributed by atoms with Crippen LogP contribution in [0.15, 0.2) is 16.6 Å². The summed E-state index contributed by atoms with van der Waals surface area (Å²) in [5.74, 6) is 0. The van der Waals surface area contributed by atoms with Crippen LogP contribution < -0.4 is 10.6 Å². The minimum atomic E-state index is -0.219. The molecule has 0 saturated carbocycles. The van der Waals surface area contributed by atoms with Crippen molar-refractivity contribution < 1.29 is 4.79 Å². The molecular formula is C12H14BrN3OS. The van der Waals surface area contributed by atoms with E-state index in [9.17, 15) is 4.79 Å². The third-order valence-corrected chi connectivity index (χ3v) is 4.38. The lowest BCUT2D eigenvalue weighted by molar-refractivity contribution is 0.252. The monoisotopic (exact) mass is 327 g/mol. The van der Waals surface area contributed by atoms with Gasteiger partial charge in [0.25, 0.3) is 0 Å². The quantitative estimate of drug-likeness (QED) is 0.901. The molecule has 6 heteroatoms. The van der Waals surface area contributed by atoms with Crippen LogP contribution in [-0.2, 0) is 6.42 Å². The number of rotatable bonds is 3. The number of hydrogen-bond acceptors (Lipinski definition) is 3. The number of halogens is 1. The van der Waals surface area contributed by atoms with Crippen molar-refractivity contribution in [3.05, 3.63) is 22.2 Å². The molecule has 2 rings (SSSR count). The number of benzene rings is 1. The zero-order chi connectivity index (χ0) is 13.1. The maximum Gasteiger partial charge on any atom is 0.321 e. The molecule has 0 bridgehead atoms. The second-order valence-corrected chi connectivity index (χ2v) is 5.64. The second kappa shape index (κ2) is 5.67. The van der Waals surface area contributed by atoms with E-state index in [2.05, 4.69) is 50.6 Å². The Morgan fingerprint density at radius 2 is 2.22 bits per heavy atom. The lowest BCUT2D eigenvalue weighted by atomic mass is 10.2. The van der Waals surface area contributed by atoms with Gasteiger partial charge in [0, 0.05) is 11.0 Å².